The molecule has 24 nitrogen and oxygen atoms in total. The normalized spacial score (nSPS) is 10.6. The minimum Gasteiger partial charge on any atom is -0.463 e. The van der Waals surface area contributed by atoms with Gasteiger partial charge < -0.3 is 73.3 Å². The zero-order chi connectivity index (χ0) is 45.5. The third-order valence-corrected chi connectivity index (χ3v) is 4.67. The molecule has 2 unspecified atom stereocenters. The summed E-state index contributed by atoms with van der Waals surface area (Å²) in [7, 11) is 0. The van der Waals surface area contributed by atoms with Gasteiger partial charge in [-0.1, -0.05) is 0 Å². The maximum absolute atomic E-state index is 10.6. The molecule has 0 spiro atoms. The van der Waals surface area contributed by atoms with Crippen LogP contribution in [0.15, 0.2) is 0 Å². The first-order valence-corrected chi connectivity index (χ1v) is 16.5. The Balaban J connectivity index is -0.000000200. The van der Waals surface area contributed by atoms with Crippen LogP contribution in [0.3, 0.4) is 0 Å². The topological polar surface area (TPSA) is 358 Å². The molecule has 0 radical (unpaired) electrons. The van der Waals surface area contributed by atoms with Gasteiger partial charge >= 0.3 is 53.7 Å². The Morgan fingerprint density at radius 2 is 0.544 bits per heavy atom. The average molecular weight is 839 g/mol. The van der Waals surface area contributed by atoms with Gasteiger partial charge in [-0.2, -0.15) is 0 Å². The van der Waals surface area contributed by atoms with E-state index in [0.29, 0.717) is 0 Å². The van der Waals surface area contributed by atoms with Crippen molar-refractivity contribution in [1.82, 2.24) is 0 Å². The van der Waals surface area contributed by atoms with Gasteiger partial charge in [0.2, 0.25) is 0 Å². The fraction of sp³-hybridized carbons (Fsp3) is 0.727. The molecule has 57 heavy (non-hydrogen) atoms. The van der Waals surface area contributed by atoms with Gasteiger partial charge in [-0.05, 0) is 0 Å². The summed E-state index contributed by atoms with van der Waals surface area (Å²) >= 11 is 0. The number of carbonyl (C=O) groups excluding carboxylic acids is 9. The van der Waals surface area contributed by atoms with Crippen LogP contribution in [-0.2, 0) is 85.8 Å². The molecular formula is C33H58O24. The lowest BCUT2D eigenvalue weighted by Crippen LogP contribution is -2.29. The van der Waals surface area contributed by atoms with Gasteiger partial charge in [-0.3, -0.25) is 43.2 Å². The molecule has 0 aliphatic heterocycles. The summed E-state index contributed by atoms with van der Waals surface area (Å²) in [5, 5.41) is 51.1. The predicted molar refractivity (Wildman–Crippen MR) is 187 cm³/mol. The largest absolute Gasteiger partial charge is 0.463 e. The van der Waals surface area contributed by atoms with Crippen LogP contribution < -0.4 is 0 Å². The highest BCUT2D eigenvalue weighted by Gasteiger charge is 2.16. The van der Waals surface area contributed by atoms with Crippen molar-refractivity contribution in [2.24, 2.45) is 0 Å². The zero-order valence-electron chi connectivity index (χ0n) is 33.5. The van der Waals surface area contributed by atoms with Crippen LogP contribution in [-0.4, -0.2) is 181 Å². The Morgan fingerprint density at radius 1 is 0.316 bits per heavy atom. The van der Waals surface area contributed by atoms with Crippen molar-refractivity contribution in [2.45, 2.75) is 92.8 Å². The second-order valence-electron chi connectivity index (χ2n) is 10.5. The van der Waals surface area contributed by atoms with Gasteiger partial charge in [0, 0.05) is 62.3 Å². The SMILES string of the molecule is CC(=O)OC(CO)CO.CC(=O)OCC(CO)OC(C)=O.CC(=O)OCC(COC(C)=O)OC(C)=O.CC(=O)OCC(O)CO.CC(=O)OCC(O)COC(C)=O. The van der Waals surface area contributed by atoms with Crippen molar-refractivity contribution < 1.29 is 116 Å². The maximum atomic E-state index is 10.6. The van der Waals surface area contributed by atoms with Crippen molar-refractivity contribution in [3.8, 4) is 0 Å². The van der Waals surface area contributed by atoms with Crippen LogP contribution in [0, 0.1) is 0 Å². The number of hydrogen-bond acceptors (Lipinski definition) is 24. The summed E-state index contributed by atoms with van der Waals surface area (Å²) in [6.07, 6.45) is -4.17. The monoisotopic (exact) mass is 838 g/mol. The zero-order valence-corrected chi connectivity index (χ0v) is 33.5. The Morgan fingerprint density at radius 3 is 0.772 bits per heavy atom. The fourth-order valence-electron chi connectivity index (χ4n) is 2.45. The molecule has 334 valence electrons. The number of rotatable bonds is 19. The molecule has 0 aromatic heterocycles. The van der Waals surface area contributed by atoms with Crippen LogP contribution in [0.4, 0.5) is 0 Å². The van der Waals surface area contributed by atoms with Crippen LogP contribution in [0.1, 0.15) is 62.3 Å². The molecule has 0 saturated carbocycles. The molecule has 0 amide bonds. The summed E-state index contributed by atoms with van der Waals surface area (Å²) in [5.74, 6) is -4.40. The van der Waals surface area contributed by atoms with Crippen molar-refractivity contribution in [1.29, 1.82) is 0 Å². The summed E-state index contributed by atoms with van der Waals surface area (Å²) in [5.41, 5.74) is 0. The Bertz CT molecular complexity index is 1120. The Hall–Kier alpha value is -5.01. The highest BCUT2D eigenvalue weighted by atomic mass is 16.6. The van der Waals surface area contributed by atoms with E-state index in [0.717, 1.165) is 0 Å². The molecule has 0 aromatic rings. The fourth-order valence-corrected chi connectivity index (χ4v) is 2.45. The molecule has 6 N–H and O–H groups in total. The standard InChI is InChI=1S/C9H14O6.2C7H12O5.2C5H10O4/c1-6(10)13-4-9(15-8(3)12)5-14-7(2)11;1-5(8)11-3-7(10)4-12-6(2)9;1-5(9)11-4-7(3-8)12-6(2)10;1-4(7)9-3-5(8)2-6;1-4(8)9-5(2-6)3-7/h9H,4-5H2,1-3H3;7,10H,3-4H2,1-2H3;7-8H,3-4H2,1-2H3;5-6,8H,2-3H2,1H3;5-7H,2-3H2,1H3. The number of esters is 9. The molecule has 0 aliphatic rings. The van der Waals surface area contributed by atoms with Gasteiger partial charge in [0.1, 0.15) is 58.0 Å². The molecule has 0 saturated heterocycles. The van der Waals surface area contributed by atoms with Crippen LogP contribution in [0.25, 0.3) is 0 Å². The summed E-state index contributed by atoms with van der Waals surface area (Å²) in [6, 6.07) is 0. The van der Waals surface area contributed by atoms with Gasteiger partial charge in [-0.15, -0.1) is 0 Å². The van der Waals surface area contributed by atoms with Gasteiger partial charge in [0.05, 0.1) is 26.4 Å². The third-order valence-electron chi connectivity index (χ3n) is 4.67. The summed E-state index contributed by atoms with van der Waals surface area (Å²) in [4.78, 5) is 93.0. The number of hydrogen-bond donors (Lipinski definition) is 6. The first-order valence-electron chi connectivity index (χ1n) is 16.5. The highest BCUT2D eigenvalue weighted by Crippen LogP contribution is 1.97. The molecule has 0 bridgehead atoms. The third kappa shape index (κ3) is 60.5. The molecule has 0 aromatic carbocycles. The van der Waals surface area contributed by atoms with E-state index in [-0.39, 0.29) is 66.1 Å². The molecule has 0 rings (SSSR count). The van der Waals surface area contributed by atoms with E-state index in [4.69, 9.17) is 35.4 Å². The number of aliphatic hydroxyl groups excluding tert-OH is 6. The van der Waals surface area contributed by atoms with E-state index in [2.05, 4.69) is 37.9 Å². The second kappa shape index (κ2) is 40.6. The van der Waals surface area contributed by atoms with Gasteiger partial charge in [0.15, 0.2) is 12.2 Å². The van der Waals surface area contributed by atoms with Crippen molar-refractivity contribution in [3.63, 3.8) is 0 Å². The Labute approximate surface area is 329 Å². The molecule has 24 heteroatoms. The lowest BCUT2D eigenvalue weighted by atomic mass is 10.4. The molecule has 0 fully saturated rings. The molecule has 2 atom stereocenters. The van der Waals surface area contributed by atoms with Crippen molar-refractivity contribution >= 4 is 53.7 Å². The van der Waals surface area contributed by atoms with E-state index in [1.807, 2.05) is 0 Å². The smallest absolute Gasteiger partial charge is 0.303 e. The Kier molecular flexibility index (Phi) is 43.7. The van der Waals surface area contributed by atoms with Crippen LogP contribution in [0.5, 0.6) is 0 Å². The quantitative estimate of drug-likeness (QED) is 0.0551. The minimum absolute atomic E-state index is 0.106. The first kappa shape index (κ1) is 61.2. The number of aliphatic hydroxyl groups is 6. The van der Waals surface area contributed by atoms with Gasteiger partial charge in [-0.25, -0.2) is 0 Å². The highest BCUT2D eigenvalue weighted by molar-refractivity contribution is 5.69. The maximum Gasteiger partial charge on any atom is 0.303 e. The lowest BCUT2D eigenvalue weighted by Gasteiger charge is -2.15. The number of carbonyl (C=O) groups is 9. The minimum atomic E-state index is -0.950. The van der Waals surface area contributed by atoms with Gasteiger partial charge in [0.25, 0.3) is 0 Å². The van der Waals surface area contributed by atoms with Crippen LogP contribution >= 0.6 is 0 Å². The van der Waals surface area contributed by atoms with E-state index in [9.17, 15) is 43.2 Å². The lowest BCUT2D eigenvalue weighted by molar-refractivity contribution is -0.163. The van der Waals surface area contributed by atoms with E-state index in [1.54, 1.807) is 0 Å². The average Bonchev–Trinajstić information content (AvgIpc) is 3.11. The first-order chi connectivity index (χ1) is 26.4. The van der Waals surface area contributed by atoms with Crippen molar-refractivity contribution in [3.05, 3.63) is 0 Å². The van der Waals surface area contributed by atoms with E-state index >= 15 is 0 Å². The predicted octanol–water partition coefficient (Wildman–Crippen LogP) is -3.20. The van der Waals surface area contributed by atoms with E-state index in [1.165, 1.54) is 62.3 Å². The number of ether oxygens (including phenoxy) is 9. The summed E-state index contributed by atoms with van der Waals surface area (Å²) in [6.45, 7) is 8.87. The molecule has 0 heterocycles. The second-order valence-corrected chi connectivity index (χ2v) is 10.5. The van der Waals surface area contributed by atoms with Crippen molar-refractivity contribution in [2.75, 3.05) is 66.1 Å². The molecule has 0 aliphatic carbocycles. The van der Waals surface area contributed by atoms with E-state index < -0.39 is 84.2 Å². The van der Waals surface area contributed by atoms with Crippen LogP contribution in [0.2, 0.25) is 0 Å². The molecular weight excluding hydrogens is 780 g/mol. The summed E-state index contributed by atoms with van der Waals surface area (Å²) < 4.78 is 40.8.